The van der Waals surface area contributed by atoms with Crippen molar-refractivity contribution < 1.29 is 9.53 Å². The van der Waals surface area contributed by atoms with Gasteiger partial charge in [0.15, 0.2) is 0 Å². The average Bonchev–Trinajstić information content (AvgIpc) is 3.18. The van der Waals surface area contributed by atoms with Crippen molar-refractivity contribution in [2.45, 2.75) is 89.9 Å². The van der Waals surface area contributed by atoms with Gasteiger partial charge in [0, 0.05) is 18.1 Å². The highest BCUT2D eigenvalue weighted by Gasteiger charge is 2.50. The molecule has 4 nitrogen and oxygen atoms in total. The Morgan fingerprint density at radius 3 is 2.57 bits per heavy atom. The third kappa shape index (κ3) is 3.78. The largest absolute Gasteiger partial charge is 0.465 e. The van der Waals surface area contributed by atoms with Gasteiger partial charge in [-0.05, 0) is 58.9 Å². The predicted octanol–water partition coefficient (Wildman–Crippen LogP) is 2.71. The van der Waals surface area contributed by atoms with Crippen LogP contribution in [0.1, 0.15) is 66.2 Å². The second kappa shape index (κ2) is 7.10. The average molecular weight is 296 g/mol. The van der Waals surface area contributed by atoms with Crippen molar-refractivity contribution in [3.63, 3.8) is 0 Å². The van der Waals surface area contributed by atoms with E-state index in [-0.39, 0.29) is 5.97 Å². The van der Waals surface area contributed by atoms with Crippen LogP contribution in [0.2, 0.25) is 0 Å². The molecule has 0 aliphatic heterocycles. The van der Waals surface area contributed by atoms with Crippen molar-refractivity contribution in [2.24, 2.45) is 0 Å². The SMILES string of the molecule is CCOC(=O)C1(NC2CC2)CCC(N(CC)C(C)CC)C1. The molecule has 2 saturated carbocycles. The first-order valence-corrected chi connectivity index (χ1v) is 8.77. The topological polar surface area (TPSA) is 41.6 Å². The third-order valence-electron chi connectivity index (χ3n) is 5.20. The molecule has 122 valence electrons. The lowest BCUT2D eigenvalue weighted by Crippen LogP contribution is -2.53. The smallest absolute Gasteiger partial charge is 0.326 e. The number of ether oxygens (including phenoxy) is 1. The maximum absolute atomic E-state index is 12.5. The maximum Gasteiger partial charge on any atom is 0.326 e. The summed E-state index contributed by atoms with van der Waals surface area (Å²) in [5.74, 6) is -0.0281. The monoisotopic (exact) mass is 296 g/mol. The molecular formula is C17H32N2O2. The van der Waals surface area contributed by atoms with Gasteiger partial charge in [0.05, 0.1) is 6.61 Å². The molecule has 21 heavy (non-hydrogen) atoms. The zero-order valence-electron chi connectivity index (χ0n) is 14.2. The Balaban J connectivity index is 2.07. The van der Waals surface area contributed by atoms with Crippen molar-refractivity contribution >= 4 is 5.97 Å². The van der Waals surface area contributed by atoms with Gasteiger partial charge in [-0.1, -0.05) is 13.8 Å². The number of carbonyl (C=O) groups excluding carboxylic acids is 1. The highest BCUT2D eigenvalue weighted by molar-refractivity contribution is 5.81. The van der Waals surface area contributed by atoms with Gasteiger partial charge in [0.25, 0.3) is 0 Å². The van der Waals surface area contributed by atoms with Crippen molar-refractivity contribution in [2.75, 3.05) is 13.2 Å². The van der Waals surface area contributed by atoms with Gasteiger partial charge < -0.3 is 4.74 Å². The Kier molecular flexibility index (Phi) is 5.67. The Labute approximate surface area is 129 Å². The molecular weight excluding hydrogens is 264 g/mol. The van der Waals surface area contributed by atoms with Crippen LogP contribution in [0.15, 0.2) is 0 Å². The summed E-state index contributed by atoms with van der Waals surface area (Å²) in [7, 11) is 0. The van der Waals surface area contributed by atoms with Crippen molar-refractivity contribution in [1.82, 2.24) is 10.2 Å². The van der Waals surface area contributed by atoms with Crippen molar-refractivity contribution in [3.8, 4) is 0 Å². The fraction of sp³-hybridized carbons (Fsp3) is 0.941. The summed E-state index contributed by atoms with van der Waals surface area (Å²) >= 11 is 0. The molecule has 2 fully saturated rings. The van der Waals surface area contributed by atoms with Crippen LogP contribution in [0.4, 0.5) is 0 Å². The third-order valence-corrected chi connectivity index (χ3v) is 5.20. The van der Waals surface area contributed by atoms with Crippen molar-refractivity contribution in [3.05, 3.63) is 0 Å². The fourth-order valence-corrected chi connectivity index (χ4v) is 3.73. The summed E-state index contributed by atoms with van der Waals surface area (Å²) in [5.41, 5.74) is -0.428. The first kappa shape index (κ1) is 16.8. The fourth-order valence-electron chi connectivity index (χ4n) is 3.73. The lowest BCUT2D eigenvalue weighted by Gasteiger charge is -2.35. The number of hydrogen-bond donors (Lipinski definition) is 1. The van der Waals surface area contributed by atoms with Gasteiger partial charge in [-0.25, -0.2) is 0 Å². The van der Waals surface area contributed by atoms with Crippen LogP contribution in [-0.4, -0.2) is 47.7 Å². The molecule has 0 amide bonds. The lowest BCUT2D eigenvalue weighted by molar-refractivity contribution is -0.151. The van der Waals surface area contributed by atoms with Crippen LogP contribution in [-0.2, 0) is 9.53 Å². The molecule has 0 aromatic heterocycles. The first-order chi connectivity index (χ1) is 10.1. The molecule has 0 spiro atoms. The van der Waals surface area contributed by atoms with Crippen LogP contribution in [0.5, 0.6) is 0 Å². The minimum atomic E-state index is -0.428. The number of nitrogens with zero attached hydrogens (tertiary/aromatic N) is 1. The van der Waals surface area contributed by atoms with E-state index >= 15 is 0 Å². The minimum absolute atomic E-state index is 0.0281. The van der Waals surface area contributed by atoms with Crippen LogP contribution in [0, 0.1) is 0 Å². The minimum Gasteiger partial charge on any atom is -0.465 e. The zero-order valence-corrected chi connectivity index (χ0v) is 14.2. The Hall–Kier alpha value is -0.610. The van der Waals surface area contributed by atoms with E-state index < -0.39 is 5.54 Å². The molecule has 3 unspecified atom stereocenters. The van der Waals surface area contributed by atoms with Crippen LogP contribution >= 0.6 is 0 Å². The Morgan fingerprint density at radius 1 is 1.33 bits per heavy atom. The lowest BCUT2D eigenvalue weighted by atomic mass is 9.96. The van der Waals surface area contributed by atoms with Gasteiger partial charge >= 0.3 is 5.97 Å². The van der Waals surface area contributed by atoms with E-state index in [0.717, 1.165) is 32.2 Å². The van der Waals surface area contributed by atoms with Crippen LogP contribution in [0.25, 0.3) is 0 Å². The summed E-state index contributed by atoms with van der Waals surface area (Å²) in [6.45, 7) is 10.2. The molecule has 1 N–H and O–H groups in total. The number of carbonyl (C=O) groups is 1. The van der Waals surface area contributed by atoms with Crippen LogP contribution in [0.3, 0.4) is 0 Å². The summed E-state index contributed by atoms with van der Waals surface area (Å²) in [4.78, 5) is 15.1. The second-order valence-electron chi connectivity index (χ2n) is 6.71. The molecule has 0 heterocycles. The quantitative estimate of drug-likeness (QED) is 0.699. The van der Waals surface area contributed by atoms with Gasteiger partial charge in [-0.15, -0.1) is 0 Å². The van der Waals surface area contributed by atoms with Crippen LogP contribution < -0.4 is 5.32 Å². The highest BCUT2D eigenvalue weighted by Crippen LogP contribution is 2.38. The zero-order chi connectivity index (χ0) is 15.5. The van der Waals surface area contributed by atoms with E-state index in [0.29, 0.717) is 24.7 Å². The number of hydrogen-bond acceptors (Lipinski definition) is 4. The second-order valence-corrected chi connectivity index (χ2v) is 6.71. The summed E-state index contributed by atoms with van der Waals surface area (Å²) < 4.78 is 5.39. The van der Waals surface area contributed by atoms with E-state index in [1.807, 2.05) is 6.92 Å². The number of esters is 1. The van der Waals surface area contributed by atoms with Gasteiger partial charge in [0.2, 0.25) is 0 Å². The van der Waals surface area contributed by atoms with Crippen molar-refractivity contribution in [1.29, 1.82) is 0 Å². The van der Waals surface area contributed by atoms with Gasteiger partial charge in [-0.3, -0.25) is 15.0 Å². The molecule has 0 bridgehead atoms. The van der Waals surface area contributed by atoms with E-state index in [4.69, 9.17) is 4.74 Å². The summed E-state index contributed by atoms with van der Waals surface area (Å²) in [6, 6.07) is 1.62. The molecule has 0 aromatic carbocycles. The molecule has 2 rings (SSSR count). The standard InChI is InChI=1S/C17H32N2O2/c1-5-13(4)19(6-2)15-10-11-17(12-15,16(20)21-7-3)18-14-8-9-14/h13-15,18H,5-12H2,1-4H3. The Bertz CT molecular complexity index is 357. The highest BCUT2D eigenvalue weighted by atomic mass is 16.5. The maximum atomic E-state index is 12.5. The summed E-state index contributed by atoms with van der Waals surface area (Å²) in [6.07, 6.45) is 6.48. The number of nitrogens with one attached hydrogen (secondary N) is 1. The molecule has 2 aliphatic rings. The molecule has 0 aromatic rings. The van der Waals surface area contributed by atoms with E-state index in [9.17, 15) is 4.79 Å². The first-order valence-electron chi connectivity index (χ1n) is 8.77. The van der Waals surface area contributed by atoms with E-state index in [2.05, 4.69) is 31.0 Å². The molecule has 0 saturated heterocycles. The normalized spacial score (nSPS) is 30.6. The molecule has 3 atom stereocenters. The van der Waals surface area contributed by atoms with E-state index in [1.54, 1.807) is 0 Å². The predicted molar refractivity (Wildman–Crippen MR) is 85.3 cm³/mol. The van der Waals surface area contributed by atoms with Gasteiger partial charge in [-0.2, -0.15) is 0 Å². The van der Waals surface area contributed by atoms with E-state index in [1.165, 1.54) is 12.8 Å². The number of rotatable bonds is 8. The molecule has 0 radical (unpaired) electrons. The van der Waals surface area contributed by atoms with Gasteiger partial charge in [0.1, 0.15) is 5.54 Å². The molecule has 4 heteroatoms. The Morgan fingerprint density at radius 2 is 2.05 bits per heavy atom. The molecule has 2 aliphatic carbocycles. The summed E-state index contributed by atoms with van der Waals surface area (Å²) in [5, 5.41) is 3.62.